The minimum Gasteiger partial charge on any atom is -0.470 e. The van der Waals surface area contributed by atoms with Crippen molar-refractivity contribution in [3.8, 4) is 5.75 Å². The van der Waals surface area contributed by atoms with E-state index in [-0.39, 0.29) is 23.8 Å². The van der Waals surface area contributed by atoms with Gasteiger partial charge >= 0.3 is 0 Å². The maximum Gasteiger partial charge on any atom is 0.292 e. The monoisotopic (exact) mass is 406 g/mol. The van der Waals surface area contributed by atoms with Crippen molar-refractivity contribution in [1.82, 2.24) is 9.78 Å². The minimum absolute atomic E-state index is 0.0140. The first-order valence-corrected chi connectivity index (χ1v) is 8.35. The highest BCUT2D eigenvalue weighted by Gasteiger charge is 2.17. The molecule has 1 amide bonds. The highest BCUT2D eigenvalue weighted by molar-refractivity contribution is 6.35. The molecular formula is C17H12Cl2N4O4. The predicted octanol–water partition coefficient (Wildman–Crippen LogP) is 4.39. The Morgan fingerprint density at radius 1 is 1.22 bits per heavy atom. The number of nitrogens with one attached hydrogen (secondary N) is 1. The van der Waals surface area contributed by atoms with Gasteiger partial charge in [-0.2, -0.15) is 5.10 Å². The molecule has 3 rings (SSSR count). The summed E-state index contributed by atoms with van der Waals surface area (Å²) < 4.78 is 6.92. The number of carbonyl (C=O) groups is 1. The van der Waals surface area contributed by atoms with E-state index in [9.17, 15) is 14.9 Å². The summed E-state index contributed by atoms with van der Waals surface area (Å²) in [7, 11) is 0. The van der Waals surface area contributed by atoms with Crippen molar-refractivity contribution in [1.29, 1.82) is 0 Å². The highest BCUT2D eigenvalue weighted by Crippen LogP contribution is 2.27. The molecule has 1 N–H and O–H groups in total. The molecule has 8 nitrogen and oxygen atoms in total. The van der Waals surface area contributed by atoms with Crippen molar-refractivity contribution in [2.45, 2.75) is 6.73 Å². The zero-order chi connectivity index (χ0) is 19.4. The number of ether oxygens (including phenoxy) is 1. The Morgan fingerprint density at radius 3 is 2.74 bits per heavy atom. The molecule has 3 aromatic rings. The van der Waals surface area contributed by atoms with Crippen LogP contribution in [0.1, 0.15) is 10.5 Å². The molecule has 0 aliphatic carbocycles. The van der Waals surface area contributed by atoms with Gasteiger partial charge in [0.15, 0.2) is 12.4 Å². The summed E-state index contributed by atoms with van der Waals surface area (Å²) in [6, 6.07) is 12.1. The lowest BCUT2D eigenvalue weighted by Gasteiger charge is -2.08. The fourth-order valence-electron chi connectivity index (χ4n) is 2.21. The second-order valence-corrected chi connectivity index (χ2v) is 6.16. The minimum atomic E-state index is -0.576. The molecule has 0 saturated heterocycles. The van der Waals surface area contributed by atoms with Crippen LogP contribution in [0.15, 0.2) is 54.7 Å². The zero-order valence-electron chi connectivity index (χ0n) is 13.6. The van der Waals surface area contributed by atoms with E-state index in [1.807, 2.05) is 0 Å². The van der Waals surface area contributed by atoms with E-state index in [2.05, 4.69) is 10.4 Å². The van der Waals surface area contributed by atoms with Gasteiger partial charge < -0.3 is 10.1 Å². The molecule has 0 atom stereocenters. The number of anilines is 1. The number of carbonyl (C=O) groups excluding carboxylic acids is 1. The molecule has 2 aromatic carbocycles. The quantitative estimate of drug-likeness (QED) is 0.483. The largest absolute Gasteiger partial charge is 0.470 e. The molecule has 10 heteroatoms. The molecule has 0 aliphatic rings. The number of para-hydroxylation sites is 2. The van der Waals surface area contributed by atoms with Crippen molar-refractivity contribution < 1.29 is 14.5 Å². The number of nitro benzene ring substituents is 1. The Labute approximate surface area is 163 Å². The molecule has 1 heterocycles. The van der Waals surface area contributed by atoms with Crippen molar-refractivity contribution in [2.24, 2.45) is 0 Å². The number of amides is 1. The van der Waals surface area contributed by atoms with Crippen LogP contribution in [0.2, 0.25) is 10.0 Å². The Morgan fingerprint density at radius 2 is 2.00 bits per heavy atom. The van der Waals surface area contributed by atoms with Crippen LogP contribution in [0.4, 0.5) is 11.4 Å². The van der Waals surface area contributed by atoms with Crippen LogP contribution in [0.5, 0.6) is 5.75 Å². The summed E-state index contributed by atoms with van der Waals surface area (Å²) in [5, 5.41) is 18.4. The van der Waals surface area contributed by atoms with Crippen molar-refractivity contribution >= 4 is 40.5 Å². The number of hydrogen-bond donors (Lipinski definition) is 1. The molecule has 0 fully saturated rings. The number of aromatic nitrogens is 2. The van der Waals surface area contributed by atoms with Crippen LogP contribution in [-0.2, 0) is 6.73 Å². The Kier molecular flexibility index (Phi) is 5.58. The standard InChI is InChI=1S/C17H12Cl2N4O4/c18-11-5-6-16(12(19)9-11)27-10-22-8-7-14(21-22)17(24)20-13-3-1-2-4-15(13)23(25)26/h1-9H,10H2,(H,20,24). The highest BCUT2D eigenvalue weighted by atomic mass is 35.5. The molecule has 0 bridgehead atoms. The normalized spacial score (nSPS) is 10.4. The average Bonchev–Trinajstić information content (AvgIpc) is 3.10. The van der Waals surface area contributed by atoms with E-state index in [4.69, 9.17) is 27.9 Å². The topological polar surface area (TPSA) is 99.3 Å². The second-order valence-electron chi connectivity index (χ2n) is 5.32. The Bertz CT molecular complexity index is 1010. The van der Waals surface area contributed by atoms with Gasteiger partial charge in [0.1, 0.15) is 11.4 Å². The first-order chi connectivity index (χ1) is 12.9. The van der Waals surface area contributed by atoms with E-state index in [1.165, 1.54) is 35.1 Å². The van der Waals surface area contributed by atoms with Crippen LogP contribution in [0, 0.1) is 10.1 Å². The Hall–Kier alpha value is -3.10. The van der Waals surface area contributed by atoms with Gasteiger partial charge in [-0.25, -0.2) is 4.68 Å². The first-order valence-electron chi connectivity index (χ1n) is 7.60. The molecule has 0 unspecified atom stereocenters. The lowest BCUT2D eigenvalue weighted by Crippen LogP contribution is -2.15. The molecule has 27 heavy (non-hydrogen) atoms. The van der Waals surface area contributed by atoms with Crippen LogP contribution in [-0.4, -0.2) is 20.6 Å². The molecule has 0 saturated carbocycles. The third kappa shape index (κ3) is 4.55. The summed E-state index contributed by atoms with van der Waals surface area (Å²) in [5.41, 5.74) is -0.0313. The van der Waals surface area contributed by atoms with E-state index >= 15 is 0 Å². The Balaban J connectivity index is 1.67. The van der Waals surface area contributed by atoms with E-state index < -0.39 is 10.8 Å². The van der Waals surface area contributed by atoms with Gasteiger partial charge in [-0.05, 0) is 30.3 Å². The van der Waals surface area contributed by atoms with Crippen molar-refractivity contribution in [3.63, 3.8) is 0 Å². The lowest BCUT2D eigenvalue weighted by molar-refractivity contribution is -0.383. The van der Waals surface area contributed by atoms with Gasteiger partial charge in [0.05, 0.1) is 9.95 Å². The fourth-order valence-corrected chi connectivity index (χ4v) is 2.67. The molecule has 0 radical (unpaired) electrons. The number of nitro groups is 1. The number of halogens is 2. The van der Waals surface area contributed by atoms with Crippen molar-refractivity contribution in [3.05, 3.63) is 80.6 Å². The number of hydrogen-bond acceptors (Lipinski definition) is 5. The van der Waals surface area contributed by atoms with Gasteiger partial charge in [-0.15, -0.1) is 0 Å². The molecule has 0 spiro atoms. The summed E-state index contributed by atoms with van der Waals surface area (Å²) in [6.07, 6.45) is 1.54. The number of benzene rings is 2. The van der Waals surface area contributed by atoms with Gasteiger partial charge in [0.2, 0.25) is 0 Å². The van der Waals surface area contributed by atoms with E-state index in [1.54, 1.807) is 24.3 Å². The van der Waals surface area contributed by atoms with Crippen LogP contribution < -0.4 is 10.1 Å². The van der Waals surface area contributed by atoms with Gasteiger partial charge in [-0.1, -0.05) is 35.3 Å². The smallest absolute Gasteiger partial charge is 0.292 e. The molecule has 138 valence electrons. The zero-order valence-corrected chi connectivity index (χ0v) is 15.1. The summed E-state index contributed by atoms with van der Waals surface area (Å²) >= 11 is 11.8. The van der Waals surface area contributed by atoms with Crippen LogP contribution in [0.3, 0.4) is 0 Å². The maximum absolute atomic E-state index is 12.3. The summed E-state index contributed by atoms with van der Waals surface area (Å²) in [6.45, 7) is 0.0140. The van der Waals surface area contributed by atoms with E-state index in [0.29, 0.717) is 15.8 Å². The molecule has 0 aliphatic heterocycles. The molecule has 1 aromatic heterocycles. The maximum atomic E-state index is 12.3. The second kappa shape index (κ2) is 8.07. The van der Waals surface area contributed by atoms with Gasteiger partial charge in [-0.3, -0.25) is 14.9 Å². The van der Waals surface area contributed by atoms with Crippen LogP contribution >= 0.6 is 23.2 Å². The summed E-state index contributed by atoms with van der Waals surface area (Å²) in [5.74, 6) is -0.157. The molecular weight excluding hydrogens is 395 g/mol. The summed E-state index contributed by atoms with van der Waals surface area (Å²) in [4.78, 5) is 22.7. The van der Waals surface area contributed by atoms with E-state index in [0.717, 1.165) is 0 Å². The van der Waals surface area contributed by atoms with Gasteiger partial charge in [0.25, 0.3) is 11.6 Å². The first kappa shape index (κ1) is 18.7. The number of nitrogens with zero attached hydrogens (tertiary/aromatic N) is 3. The fraction of sp³-hybridized carbons (Fsp3) is 0.0588. The predicted molar refractivity (Wildman–Crippen MR) is 100 cm³/mol. The number of rotatable bonds is 6. The lowest BCUT2D eigenvalue weighted by atomic mass is 10.2. The van der Waals surface area contributed by atoms with Crippen molar-refractivity contribution in [2.75, 3.05) is 5.32 Å². The van der Waals surface area contributed by atoms with Gasteiger partial charge in [0, 0.05) is 17.3 Å². The average molecular weight is 407 g/mol. The van der Waals surface area contributed by atoms with Crippen LogP contribution in [0.25, 0.3) is 0 Å². The SMILES string of the molecule is O=C(Nc1ccccc1[N+](=O)[O-])c1ccn(COc2ccc(Cl)cc2Cl)n1. The third-order valence-corrected chi connectivity index (χ3v) is 4.00. The third-order valence-electron chi connectivity index (χ3n) is 3.47.